The van der Waals surface area contributed by atoms with Gasteiger partial charge in [-0.3, -0.25) is 0 Å². The summed E-state index contributed by atoms with van der Waals surface area (Å²) < 4.78 is 18.6. The van der Waals surface area contributed by atoms with Crippen molar-refractivity contribution in [3.8, 4) is 22.8 Å². The summed E-state index contributed by atoms with van der Waals surface area (Å²) in [5.74, 6) is 1.34. The van der Waals surface area contributed by atoms with Crippen molar-refractivity contribution in [1.29, 1.82) is 0 Å². The van der Waals surface area contributed by atoms with Gasteiger partial charge < -0.3 is 9.42 Å². The van der Waals surface area contributed by atoms with Gasteiger partial charge in [0.15, 0.2) is 0 Å². The van der Waals surface area contributed by atoms with Crippen LogP contribution in [-0.4, -0.2) is 28.2 Å². The summed E-state index contributed by atoms with van der Waals surface area (Å²) >= 11 is 0. The number of aromatic nitrogens is 3. The van der Waals surface area contributed by atoms with Crippen LogP contribution in [0.1, 0.15) is 26.7 Å². The third kappa shape index (κ3) is 4.02. The van der Waals surface area contributed by atoms with Crippen LogP contribution < -0.4 is 4.90 Å². The van der Waals surface area contributed by atoms with E-state index >= 15 is 0 Å². The maximum atomic E-state index is 13.3. The third-order valence-electron chi connectivity index (χ3n) is 3.81. The predicted molar refractivity (Wildman–Crippen MR) is 95.7 cm³/mol. The van der Waals surface area contributed by atoms with E-state index in [-0.39, 0.29) is 5.82 Å². The standard InChI is InChI=1S/C19H21FN4O/c1-3-10-24(11-4-2)17-9-8-15(13-21-17)19-22-18(23-25-19)14-6-5-7-16(20)12-14/h5-9,12-13H,3-4,10-11H2,1-2H3. The number of hydrogen-bond donors (Lipinski definition) is 0. The smallest absolute Gasteiger partial charge is 0.259 e. The second kappa shape index (κ2) is 7.88. The molecule has 0 aliphatic carbocycles. The Balaban J connectivity index is 1.81. The molecule has 0 amide bonds. The molecular formula is C19H21FN4O. The van der Waals surface area contributed by atoms with Gasteiger partial charge in [-0.2, -0.15) is 4.98 Å². The SMILES string of the molecule is CCCN(CCC)c1ccc(-c2nc(-c3cccc(F)c3)no2)cn1. The lowest BCUT2D eigenvalue weighted by Gasteiger charge is -2.22. The topological polar surface area (TPSA) is 55.1 Å². The summed E-state index contributed by atoms with van der Waals surface area (Å²) in [5, 5.41) is 3.93. The van der Waals surface area contributed by atoms with Gasteiger partial charge in [-0.25, -0.2) is 9.37 Å². The lowest BCUT2D eigenvalue weighted by molar-refractivity contribution is 0.432. The molecule has 25 heavy (non-hydrogen) atoms. The molecule has 0 N–H and O–H groups in total. The van der Waals surface area contributed by atoms with E-state index in [9.17, 15) is 4.39 Å². The molecule has 0 bridgehead atoms. The van der Waals surface area contributed by atoms with Crippen LogP contribution in [0.25, 0.3) is 22.8 Å². The predicted octanol–water partition coefficient (Wildman–Crippen LogP) is 4.56. The highest BCUT2D eigenvalue weighted by atomic mass is 19.1. The summed E-state index contributed by atoms with van der Waals surface area (Å²) in [7, 11) is 0. The molecule has 0 radical (unpaired) electrons. The Hall–Kier alpha value is -2.76. The van der Waals surface area contributed by atoms with E-state index in [0.29, 0.717) is 17.3 Å². The van der Waals surface area contributed by atoms with E-state index in [2.05, 4.69) is 33.9 Å². The van der Waals surface area contributed by atoms with Crippen molar-refractivity contribution in [2.24, 2.45) is 0 Å². The lowest BCUT2D eigenvalue weighted by atomic mass is 10.2. The minimum atomic E-state index is -0.332. The molecule has 0 aliphatic rings. The molecule has 0 aliphatic heterocycles. The number of anilines is 1. The summed E-state index contributed by atoms with van der Waals surface area (Å²) in [6, 6.07) is 10.0. The Morgan fingerprint density at radius 3 is 2.48 bits per heavy atom. The van der Waals surface area contributed by atoms with E-state index < -0.39 is 0 Å². The first kappa shape index (κ1) is 17.1. The van der Waals surface area contributed by atoms with Crippen LogP contribution in [0.2, 0.25) is 0 Å². The van der Waals surface area contributed by atoms with Crippen molar-refractivity contribution >= 4 is 5.82 Å². The number of halogens is 1. The van der Waals surface area contributed by atoms with Gasteiger partial charge in [0.25, 0.3) is 5.89 Å². The molecule has 6 heteroatoms. The molecule has 2 heterocycles. The molecule has 0 fully saturated rings. The Labute approximate surface area is 146 Å². The monoisotopic (exact) mass is 340 g/mol. The first-order valence-electron chi connectivity index (χ1n) is 8.52. The number of rotatable bonds is 7. The zero-order valence-corrected chi connectivity index (χ0v) is 14.4. The Morgan fingerprint density at radius 1 is 1.04 bits per heavy atom. The Bertz CT molecular complexity index is 810. The molecule has 0 atom stereocenters. The van der Waals surface area contributed by atoms with Gasteiger partial charge in [-0.05, 0) is 37.1 Å². The molecule has 0 saturated heterocycles. The van der Waals surface area contributed by atoms with Gasteiger partial charge in [0.2, 0.25) is 5.82 Å². The molecule has 130 valence electrons. The maximum Gasteiger partial charge on any atom is 0.259 e. The summed E-state index contributed by atoms with van der Waals surface area (Å²) in [4.78, 5) is 11.1. The van der Waals surface area contributed by atoms with E-state index in [0.717, 1.165) is 37.3 Å². The molecule has 0 saturated carbocycles. The van der Waals surface area contributed by atoms with Crippen LogP contribution in [0.15, 0.2) is 47.1 Å². The second-order valence-electron chi connectivity index (χ2n) is 5.83. The number of pyridine rings is 1. The summed E-state index contributed by atoms with van der Waals surface area (Å²) in [5.41, 5.74) is 1.32. The molecule has 0 spiro atoms. The highest BCUT2D eigenvalue weighted by molar-refractivity contribution is 5.60. The molecule has 1 aromatic carbocycles. The van der Waals surface area contributed by atoms with Crippen molar-refractivity contribution in [2.45, 2.75) is 26.7 Å². The first-order chi connectivity index (χ1) is 12.2. The lowest BCUT2D eigenvalue weighted by Crippen LogP contribution is -2.25. The fourth-order valence-electron chi connectivity index (χ4n) is 2.67. The minimum absolute atomic E-state index is 0.332. The van der Waals surface area contributed by atoms with Gasteiger partial charge in [0.1, 0.15) is 11.6 Å². The number of nitrogens with zero attached hydrogens (tertiary/aromatic N) is 4. The first-order valence-corrected chi connectivity index (χ1v) is 8.52. The van der Waals surface area contributed by atoms with Crippen molar-refractivity contribution in [2.75, 3.05) is 18.0 Å². The Kier molecular flexibility index (Phi) is 5.38. The van der Waals surface area contributed by atoms with Crippen LogP contribution in [0, 0.1) is 5.82 Å². The van der Waals surface area contributed by atoms with Crippen molar-refractivity contribution in [3.63, 3.8) is 0 Å². The largest absolute Gasteiger partial charge is 0.357 e. The van der Waals surface area contributed by atoms with Crippen LogP contribution in [0.5, 0.6) is 0 Å². The highest BCUT2D eigenvalue weighted by Crippen LogP contribution is 2.23. The zero-order valence-electron chi connectivity index (χ0n) is 14.4. The number of benzene rings is 1. The fraction of sp³-hybridized carbons (Fsp3) is 0.316. The van der Waals surface area contributed by atoms with E-state index in [1.807, 2.05) is 12.1 Å². The fourth-order valence-corrected chi connectivity index (χ4v) is 2.67. The van der Waals surface area contributed by atoms with E-state index in [1.54, 1.807) is 18.3 Å². The summed E-state index contributed by atoms with van der Waals surface area (Å²) in [6.45, 7) is 6.27. The zero-order chi connectivity index (χ0) is 17.6. The third-order valence-corrected chi connectivity index (χ3v) is 3.81. The second-order valence-corrected chi connectivity index (χ2v) is 5.83. The molecule has 5 nitrogen and oxygen atoms in total. The quantitative estimate of drug-likeness (QED) is 0.631. The van der Waals surface area contributed by atoms with E-state index in [4.69, 9.17) is 4.52 Å². The highest BCUT2D eigenvalue weighted by Gasteiger charge is 2.13. The average molecular weight is 340 g/mol. The molecule has 2 aromatic heterocycles. The van der Waals surface area contributed by atoms with Gasteiger partial charge in [0.05, 0.1) is 5.56 Å². The van der Waals surface area contributed by atoms with Crippen LogP contribution in [-0.2, 0) is 0 Å². The normalized spacial score (nSPS) is 10.8. The van der Waals surface area contributed by atoms with Gasteiger partial charge in [-0.1, -0.05) is 31.1 Å². The van der Waals surface area contributed by atoms with Gasteiger partial charge in [-0.15, -0.1) is 0 Å². The molecule has 3 aromatic rings. The maximum absolute atomic E-state index is 13.3. The van der Waals surface area contributed by atoms with Gasteiger partial charge in [0, 0.05) is 24.8 Å². The van der Waals surface area contributed by atoms with Crippen LogP contribution in [0.4, 0.5) is 10.2 Å². The van der Waals surface area contributed by atoms with Crippen molar-refractivity contribution < 1.29 is 8.91 Å². The van der Waals surface area contributed by atoms with Crippen LogP contribution >= 0.6 is 0 Å². The number of hydrogen-bond acceptors (Lipinski definition) is 5. The average Bonchev–Trinajstić information content (AvgIpc) is 3.12. The summed E-state index contributed by atoms with van der Waals surface area (Å²) in [6.07, 6.45) is 3.88. The van der Waals surface area contributed by atoms with Gasteiger partial charge >= 0.3 is 0 Å². The molecule has 3 rings (SSSR count). The van der Waals surface area contributed by atoms with E-state index in [1.165, 1.54) is 12.1 Å². The van der Waals surface area contributed by atoms with Crippen molar-refractivity contribution in [1.82, 2.24) is 15.1 Å². The molecular weight excluding hydrogens is 319 g/mol. The molecule has 0 unspecified atom stereocenters. The minimum Gasteiger partial charge on any atom is -0.357 e. The van der Waals surface area contributed by atoms with Crippen molar-refractivity contribution in [3.05, 3.63) is 48.4 Å². The van der Waals surface area contributed by atoms with Crippen LogP contribution in [0.3, 0.4) is 0 Å². The Morgan fingerprint density at radius 2 is 1.84 bits per heavy atom.